The number of carbonyl (C=O) groups is 2. The maximum atomic E-state index is 12.3. The largest absolute Gasteiger partial charge is 0.497 e. The number of benzene rings is 2. The Morgan fingerprint density at radius 1 is 0.679 bits per heavy atom. The van der Waals surface area contributed by atoms with Crippen molar-refractivity contribution in [3.63, 3.8) is 0 Å². The summed E-state index contributed by atoms with van der Waals surface area (Å²) < 4.78 is 10.2. The molecular weight excluding hydrogens is 358 g/mol. The van der Waals surface area contributed by atoms with E-state index in [0.717, 1.165) is 0 Å². The van der Waals surface area contributed by atoms with Crippen molar-refractivity contribution in [3.05, 3.63) is 77.9 Å². The van der Waals surface area contributed by atoms with Crippen LogP contribution in [0.15, 0.2) is 66.7 Å². The van der Waals surface area contributed by atoms with Gasteiger partial charge in [-0.05, 0) is 60.7 Å². The molecule has 0 spiro atoms. The van der Waals surface area contributed by atoms with Crippen LogP contribution in [0, 0.1) is 0 Å². The number of carbonyl (C=O) groups excluding carboxylic acids is 2. The van der Waals surface area contributed by atoms with Gasteiger partial charge in [-0.2, -0.15) is 0 Å². The molecule has 3 aromatic rings. The molecule has 1 aromatic heterocycles. The van der Waals surface area contributed by atoms with Gasteiger partial charge in [-0.1, -0.05) is 6.07 Å². The lowest BCUT2D eigenvalue weighted by Crippen LogP contribution is -2.15. The van der Waals surface area contributed by atoms with Gasteiger partial charge in [-0.15, -0.1) is 0 Å². The summed E-state index contributed by atoms with van der Waals surface area (Å²) in [7, 11) is 3.12. The Balaban J connectivity index is 1.67. The summed E-state index contributed by atoms with van der Waals surface area (Å²) in [5.74, 6) is 1.36. The molecular formula is C21H19N3O4. The summed E-state index contributed by atoms with van der Waals surface area (Å²) in [5.41, 5.74) is 0.936. The lowest BCUT2D eigenvalue weighted by atomic mass is 10.2. The third kappa shape index (κ3) is 4.64. The van der Waals surface area contributed by atoms with Crippen molar-refractivity contribution in [1.82, 2.24) is 4.98 Å². The quantitative estimate of drug-likeness (QED) is 0.685. The van der Waals surface area contributed by atoms with Gasteiger partial charge in [0, 0.05) is 11.1 Å². The second-order valence-corrected chi connectivity index (χ2v) is 5.77. The molecule has 0 saturated heterocycles. The van der Waals surface area contributed by atoms with Crippen LogP contribution in [0.3, 0.4) is 0 Å². The second kappa shape index (κ2) is 8.68. The van der Waals surface area contributed by atoms with Gasteiger partial charge in [-0.25, -0.2) is 4.98 Å². The Morgan fingerprint density at radius 3 is 1.43 bits per heavy atom. The zero-order valence-electron chi connectivity index (χ0n) is 15.4. The average Bonchev–Trinajstić information content (AvgIpc) is 2.74. The molecule has 2 N–H and O–H groups in total. The van der Waals surface area contributed by atoms with E-state index >= 15 is 0 Å². The number of hydrogen-bond donors (Lipinski definition) is 2. The first-order valence-corrected chi connectivity index (χ1v) is 8.47. The maximum Gasteiger partial charge on any atom is 0.256 e. The Morgan fingerprint density at radius 2 is 1.07 bits per heavy atom. The van der Waals surface area contributed by atoms with Crippen molar-refractivity contribution >= 4 is 23.5 Å². The lowest BCUT2D eigenvalue weighted by Gasteiger charge is -2.09. The molecule has 0 aliphatic carbocycles. The van der Waals surface area contributed by atoms with Crippen LogP contribution < -0.4 is 20.1 Å². The number of methoxy groups -OCH3 is 2. The number of rotatable bonds is 6. The molecule has 0 bridgehead atoms. The molecule has 0 radical (unpaired) electrons. The molecule has 0 atom stereocenters. The average molecular weight is 377 g/mol. The third-order valence-corrected chi connectivity index (χ3v) is 3.94. The predicted molar refractivity (Wildman–Crippen MR) is 106 cm³/mol. The van der Waals surface area contributed by atoms with E-state index in [9.17, 15) is 9.59 Å². The van der Waals surface area contributed by atoms with E-state index in [4.69, 9.17) is 9.47 Å². The number of aromatic nitrogens is 1. The van der Waals surface area contributed by atoms with E-state index in [1.54, 1.807) is 80.9 Å². The molecule has 2 amide bonds. The Kier molecular flexibility index (Phi) is 5.86. The minimum absolute atomic E-state index is 0.311. The van der Waals surface area contributed by atoms with Crippen LogP contribution in [-0.2, 0) is 0 Å². The Bertz CT molecular complexity index is 893. The van der Waals surface area contributed by atoms with E-state index in [2.05, 4.69) is 15.6 Å². The first-order chi connectivity index (χ1) is 13.6. The minimum atomic E-state index is -0.311. The molecule has 0 unspecified atom stereocenters. The fourth-order valence-corrected chi connectivity index (χ4v) is 2.44. The molecule has 7 heteroatoms. The van der Waals surface area contributed by atoms with Crippen molar-refractivity contribution in [2.24, 2.45) is 0 Å². The summed E-state index contributed by atoms with van der Waals surface area (Å²) in [6.45, 7) is 0. The highest BCUT2D eigenvalue weighted by atomic mass is 16.5. The summed E-state index contributed by atoms with van der Waals surface area (Å²) in [5, 5.41) is 5.41. The van der Waals surface area contributed by atoms with E-state index in [1.165, 1.54) is 0 Å². The van der Waals surface area contributed by atoms with Crippen LogP contribution in [0.5, 0.6) is 11.5 Å². The summed E-state index contributed by atoms with van der Waals surface area (Å²) in [6, 6.07) is 18.4. The standard InChI is InChI=1S/C21H19N3O4/c1-27-16-10-6-14(7-11-16)20(25)23-18-4-3-5-19(22-18)24-21(26)15-8-12-17(28-2)13-9-15/h3-13H,1-2H3,(H2,22,23,24,25,26). The van der Waals surface area contributed by atoms with Crippen molar-refractivity contribution in [2.45, 2.75) is 0 Å². The molecule has 1 heterocycles. The second-order valence-electron chi connectivity index (χ2n) is 5.77. The van der Waals surface area contributed by atoms with Crippen LogP contribution in [0.25, 0.3) is 0 Å². The molecule has 0 aliphatic heterocycles. The number of nitrogens with zero attached hydrogens (tertiary/aromatic N) is 1. The van der Waals surface area contributed by atoms with Crippen LogP contribution in [-0.4, -0.2) is 31.0 Å². The molecule has 142 valence electrons. The maximum absolute atomic E-state index is 12.3. The Hall–Kier alpha value is -3.87. The minimum Gasteiger partial charge on any atom is -0.497 e. The zero-order chi connectivity index (χ0) is 19.9. The molecule has 3 rings (SSSR count). The van der Waals surface area contributed by atoms with Gasteiger partial charge in [0.25, 0.3) is 11.8 Å². The molecule has 7 nitrogen and oxygen atoms in total. The molecule has 0 aliphatic rings. The van der Waals surface area contributed by atoms with E-state index in [-0.39, 0.29) is 11.8 Å². The van der Waals surface area contributed by atoms with Crippen LogP contribution in [0.2, 0.25) is 0 Å². The molecule has 0 saturated carbocycles. The van der Waals surface area contributed by atoms with Gasteiger partial charge in [-0.3, -0.25) is 9.59 Å². The van der Waals surface area contributed by atoms with Crippen LogP contribution >= 0.6 is 0 Å². The molecule has 0 fully saturated rings. The fraction of sp³-hybridized carbons (Fsp3) is 0.0952. The zero-order valence-corrected chi connectivity index (χ0v) is 15.4. The van der Waals surface area contributed by atoms with Crippen molar-refractivity contribution in [2.75, 3.05) is 24.9 Å². The first kappa shape index (κ1) is 18.9. The van der Waals surface area contributed by atoms with Crippen molar-refractivity contribution < 1.29 is 19.1 Å². The normalized spacial score (nSPS) is 10.1. The summed E-state index contributed by atoms with van der Waals surface area (Å²) >= 11 is 0. The van der Waals surface area contributed by atoms with Gasteiger partial charge in [0.15, 0.2) is 0 Å². The summed E-state index contributed by atoms with van der Waals surface area (Å²) in [6.07, 6.45) is 0. The number of hydrogen-bond acceptors (Lipinski definition) is 5. The predicted octanol–water partition coefficient (Wildman–Crippen LogP) is 3.60. The highest BCUT2D eigenvalue weighted by Crippen LogP contribution is 2.16. The van der Waals surface area contributed by atoms with Crippen LogP contribution in [0.4, 0.5) is 11.6 Å². The van der Waals surface area contributed by atoms with Gasteiger partial charge in [0.05, 0.1) is 14.2 Å². The highest BCUT2D eigenvalue weighted by Gasteiger charge is 2.10. The number of anilines is 2. The number of pyridine rings is 1. The SMILES string of the molecule is COc1ccc(C(=O)Nc2cccc(NC(=O)c3ccc(OC)cc3)n2)cc1. The van der Waals surface area contributed by atoms with E-state index in [1.807, 2.05) is 0 Å². The number of ether oxygens (including phenoxy) is 2. The number of amides is 2. The van der Waals surface area contributed by atoms with Gasteiger partial charge < -0.3 is 20.1 Å². The first-order valence-electron chi connectivity index (χ1n) is 8.47. The van der Waals surface area contributed by atoms with Gasteiger partial charge >= 0.3 is 0 Å². The Labute approximate surface area is 162 Å². The molecule has 28 heavy (non-hydrogen) atoms. The van der Waals surface area contributed by atoms with Crippen molar-refractivity contribution in [1.29, 1.82) is 0 Å². The third-order valence-electron chi connectivity index (χ3n) is 3.94. The summed E-state index contributed by atoms with van der Waals surface area (Å²) in [4.78, 5) is 28.9. The highest BCUT2D eigenvalue weighted by molar-refractivity contribution is 6.05. The number of nitrogens with one attached hydrogen (secondary N) is 2. The monoisotopic (exact) mass is 377 g/mol. The van der Waals surface area contributed by atoms with Gasteiger partial charge in [0.1, 0.15) is 23.1 Å². The van der Waals surface area contributed by atoms with E-state index in [0.29, 0.717) is 34.3 Å². The van der Waals surface area contributed by atoms with Crippen molar-refractivity contribution in [3.8, 4) is 11.5 Å². The van der Waals surface area contributed by atoms with Crippen LogP contribution in [0.1, 0.15) is 20.7 Å². The fourth-order valence-electron chi connectivity index (χ4n) is 2.44. The topological polar surface area (TPSA) is 89.6 Å². The van der Waals surface area contributed by atoms with Gasteiger partial charge in [0.2, 0.25) is 0 Å². The lowest BCUT2D eigenvalue weighted by molar-refractivity contribution is 0.101. The molecule has 2 aromatic carbocycles. The van der Waals surface area contributed by atoms with E-state index < -0.39 is 0 Å². The smallest absolute Gasteiger partial charge is 0.256 e.